The van der Waals surface area contributed by atoms with Gasteiger partial charge in [0.25, 0.3) is 5.91 Å². The van der Waals surface area contributed by atoms with Crippen molar-refractivity contribution >= 4 is 11.7 Å². The van der Waals surface area contributed by atoms with Crippen LogP contribution in [0.15, 0.2) is 12.3 Å². The molecule has 0 fully saturated rings. The van der Waals surface area contributed by atoms with Gasteiger partial charge in [0, 0.05) is 20.4 Å². The Kier molecular flexibility index (Phi) is 5.69. The Balaban J connectivity index is 2.88. The second-order valence-electron chi connectivity index (χ2n) is 4.55. The first-order valence-electron chi connectivity index (χ1n) is 6.13. The van der Waals surface area contributed by atoms with Crippen LogP contribution >= 0.6 is 0 Å². The number of aromatic nitrogens is 1. The minimum absolute atomic E-state index is 0.0268. The number of nitrogens with one attached hydrogen (secondary N) is 2. The molecular weight excluding hydrogens is 249 g/mol. The molecule has 1 rings (SSSR count). The molecule has 1 atom stereocenters. The Morgan fingerprint density at radius 1 is 1.53 bits per heavy atom. The van der Waals surface area contributed by atoms with E-state index in [9.17, 15) is 9.18 Å². The Hall–Kier alpha value is -1.69. The van der Waals surface area contributed by atoms with Crippen LogP contribution in [0.2, 0.25) is 0 Å². The van der Waals surface area contributed by atoms with E-state index in [1.165, 1.54) is 12.3 Å². The van der Waals surface area contributed by atoms with Gasteiger partial charge in [0.05, 0.1) is 18.2 Å². The molecule has 6 heteroatoms. The monoisotopic (exact) mass is 269 g/mol. The smallest absolute Gasteiger partial charge is 0.254 e. The van der Waals surface area contributed by atoms with E-state index in [1.54, 1.807) is 14.2 Å². The fraction of sp³-hybridized carbons (Fsp3) is 0.538. The number of hydrogen-bond acceptors (Lipinski definition) is 4. The lowest BCUT2D eigenvalue weighted by molar-refractivity contribution is 0.0862. The average molecular weight is 269 g/mol. The van der Waals surface area contributed by atoms with Gasteiger partial charge in [-0.25, -0.2) is 9.37 Å². The number of amides is 1. The molecule has 0 radical (unpaired) electrons. The van der Waals surface area contributed by atoms with E-state index >= 15 is 0 Å². The maximum Gasteiger partial charge on any atom is 0.254 e. The van der Waals surface area contributed by atoms with Crippen LogP contribution in [0.25, 0.3) is 0 Å². The molecule has 2 N–H and O–H groups in total. The summed E-state index contributed by atoms with van der Waals surface area (Å²) in [4.78, 5) is 15.9. The zero-order chi connectivity index (χ0) is 14.4. The van der Waals surface area contributed by atoms with Crippen LogP contribution in [0.4, 0.5) is 10.2 Å². The lowest BCUT2D eigenvalue weighted by Gasteiger charge is -2.21. The van der Waals surface area contributed by atoms with Crippen LogP contribution in [0.1, 0.15) is 24.2 Å². The normalized spacial score (nSPS) is 12.3. The second-order valence-corrected chi connectivity index (χ2v) is 4.55. The second kappa shape index (κ2) is 7.04. The Morgan fingerprint density at radius 2 is 2.21 bits per heavy atom. The highest BCUT2D eigenvalue weighted by molar-refractivity contribution is 5.95. The summed E-state index contributed by atoms with van der Waals surface area (Å²) in [6, 6.07) is 1.19. The molecule has 0 aliphatic rings. The summed E-state index contributed by atoms with van der Waals surface area (Å²) < 4.78 is 19.0. The number of ether oxygens (including phenoxy) is 1. The molecule has 0 spiro atoms. The topological polar surface area (TPSA) is 63.2 Å². The van der Waals surface area contributed by atoms with E-state index in [0.717, 1.165) is 0 Å². The molecule has 19 heavy (non-hydrogen) atoms. The van der Waals surface area contributed by atoms with Crippen molar-refractivity contribution in [3.63, 3.8) is 0 Å². The van der Waals surface area contributed by atoms with Crippen molar-refractivity contribution in [2.24, 2.45) is 5.92 Å². The highest BCUT2D eigenvalue weighted by Gasteiger charge is 2.20. The van der Waals surface area contributed by atoms with Crippen LogP contribution in [0.5, 0.6) is 0 Å². The molecule has 5 nitrogen and oxygen atoms in total. The summed E-state index contributed by atoms with van der Waals surface area (Å²) in [7, 11) is 3.11. The molecule has 1 aromatic rings. The molecule has 0 bridgehead atoms. The molecule has 0 aromatic carbocycles. The van der Waals surface area contributed by atoms with Gasteiger partial charge in [-0.05, 0) is 12.0 Å². The zero-order valence-electron chi connectivity index (χ0n) is 11.7. The highest BCUT2D eigenvalue weighted by Crippen LogP contribution is 2.15. The van der Waals surface area contributed by atoms with Gasteiger partial charge in [-0.15, -0.1) is 0 Å². The van der Waals surface area contributed by atoms with Gasteiger partial charge in [-0.3, -0.25) is 4.79 Å². The fourth-order valence-electron chi connectivity index (χ4n) is 1.62. The minimum atomic E-state index is -0.651. The van der Waals surface area contributed by atoms with Crippen molar-refractivity contribution in [1.82, 2.24) is 10.3 Å². The summed E-state index contributed by atoms with van der Waals surface area (Å²) in [5.74, 6) is -0.868. The van der Waals surface area contributed by atoms with E-state index in [0.29, 0.717) is 6.61 Å². The lowest BCUT2D eigenvalue weighted by atomic mass is 10.0. The Morgan fingerprint density at radius 3 is 2.74 bits per heavy atom. The van der Waals surface area contributed by atoms with Crippen molar-refractivity contribution in [1.29, 1.82) is 0 Å². The number of hydrogen-bond donors (Lipinski definition) is 2. The molecule has 1 aromatic heterocycles. The predicted molar refractivity (Wildman–Crippen MR) is 71.7 cm³/mol. The van der Waals surface area contributed by atoms with Crippen molar-refractivity contribution in [3.05, 3.63) is 23.6 Å². The van der Waals surface area contributed by atoms with E-state index in [4.69, 9.17) is 4.74 Å². The summed E-state index contributed by atoms with van der Waals surface area (Å²) in [6.07, 6.45) is 1.39. The zero-order valence-corrected chi connectivity index (χ0v) is 11.7. The third-order valence-electron chi connectivity index (χ3n) is 2.84. The average Bonchev–Trinajstić information content (AvgIpc) is 2.38. The Bertz CT molecular complexity index is 438. The molecule has 0 saturated heterocycles. The fourth-order valence-corrected chi connectivity index (χ4v) is 1.62. The van der Waals surface area contributed by atoms with Crippen LogP contribution in [0.3, 0.4) is 0 Å². The lowest BCUT2D eigenvalue weighted by Crippen LogP contribution is -2.42. The number of carbonyl (C=O) groups excluding carboxylic acids is 1. The molecular formula is C13H20FN3O2. The minimum Gasteiger partial charge on any atom is -0.383 e. The summed E-state index contributed by atoms with van der Waals surface area (Å²) in [5.41, 5.74) is -0.0268. The van der Waals surface area contributed by atoms with Gasteiger partial charge in [0.2, 0.25) is 0 Å². The number of pyridine rings is 1. The molecule has 1 amide bonds. The number of methoxy groups -OCH3 is 1. The van der Waals surface area contributed by atoms with E-state index in [1.807, 2.05) is 13.8 Å². The Labute approximate surface area is 112 Å². The van der Waals surface area contributed by atoms with Crippen LogP contribution in [-0.2, 0) is 4.74 Å². The number of carbonyl (C=O) groups is 1. The molecule has 0 aliphatic carbocycles. The first-order chi connectivity index (χ1) is 9.01. The molecule has 1 unspecified atom stereocenters. The maximum absolute atomic E-state index is 13.9. The first-order valence-corrected chi connectivity index (χ1v) is 6.13. The van der Waals surface area contributed by atoms with Crippen molar-refractivity contribution in [3.8, 4) is 0 Å². The van der Waals surface area contributed by atoms with Gasteiger partial charge >= 0.3 is 0 Å². The molecule has 0 aliphatic heterocycles. The summed E-state index contributed by atoms with van der Waals surface area (Å²) in [6.45, 7) is 4.31. The van der Waals surface area contributed by atoms with Crippen LogP contribution in [-0.4, -0.2) is 37.7 Å². The van der Waals surface area contributed by atoms with Gasteiger partial charge in [-0.1, -0.05) is 13.8 Å². The number of rotatable bonds is 6. The SMILES string of the molecule is CNc1nccc(C(=O)NC(COC)C(C)C)c1F. The van der Waals surface area contributed by atoms with Gasteiger partial charge in [0.15, 0.2) is 11.6 Å². The maximum atomic E-state index is 13.9. The third kappa shape index (κ3) is 3.89. The predicted octanol–water partition coefficient (Wildman–Crippen LogP) is 1.66. The van der Waals surface area contributed by atoms with Gasteiger partial charge in [0.1, 0.15) is 0 Å². The van der Waals surface area contributed by atoms with E-state index < -0.39 is 11.7 Å². The first kappa shape index (κ1) is 15.4. The number of halogens is 1. The standard InChI is InChI=1S/C13H20FN3O2/c1-8(2)10(7-19-4)17-13(18)9-5-6-16-12(15-3)11(9)14/h5-6,8,10H,7H2,1-4H3,(H,15,16)(H,17,18). The van der Waals surface area contributed by atoms with Crippen molar-refractivity contribution in [2.75, 3.05) is 26.1 Å². The van der Waals surface area contributed by atoms with Gasteiger partial charge in [-0.2, -0.15) is 0 Å². The van der Waals surface area contributed by atoms with Crippen LogP contribution < -0.4 is 10.6 Å². The van der Waals surface area contributed by atoms with Gasteiger partial charge < -0.3 is 15.4 Å². The van der Waals surface area contributed by atoms with Crippen molar-refractivity contribution < 1.29 is 13.9 Å². The summed E-state index contributed by atoms with van der Waals surface area (Å²) >= 11 is 0. The third-order valence-corrected chi connectivity index (χ3v) is 2.84. The van der Waals surface area contributed by atoms with Crippen molar-refractivity contribution in [2.45, 2.75) is 19.9 Å². The number of nitrogens with zero attached hydrogens (tertiary/aromatic N) is 1. The quantitative estimate of drug-likeness (QED) is 0.824. The molecule has 106 valence electrons. The molecule has 1 heterocycles. The summed E-state index contributed by atoms with van der Waals surface area (Å²) in [5, 5.41) is 5.37. The van der Waals surface area contributed by atoms with Crippen LogP contribution in [0, 0.1) is 11.7 Å². The number of anilines is 1. The largest absolute Gasteiger partial charge is 0.383 e. The molecule has 0 saturated carbocycles. The highest BCUT2D eigenvalue weighted by atomic mass is 19.1. The van der Waals surface area contributed by atoms with E-state index in [2.05, 4.69) is 15.6 Å². The van der Waals surface area contributed by atoms with E-state index in [-0.39, 0.29) is 23.3 Å².